The van der Waals surface area contributed by atoms with Crippen LogP contribution in [0.15, 0.2) is 30.6 Å². The van der Waals surface area contributed by atoms with Crippen molar-refractivity contribution in [2.75, 3.05) is 10.6 Å². The first-order chi connectivity index (χ1) is 13.3. The van der Waals surface area contributed by atoms with Crippen molar-refractivity contribution >= 4 is 23.2 Å². The number of imidazole rings is 1. The molecule has 0 fully saturated rings. The summed E-state index contributed by atoms with van der Waals surface area (Å²) in [6, 6.07) is 4.67. The maximum atomic E-state index is 13.6. The summed E-state index contributed by atoms with van der Waals surface area (Å²) in [6.07, 6.45) is -4.04. The number of benzene rings is 1. The highest BCUT2D eigenvalue weighted by molar-refractivity contribution is 5.95. The van der Waals surface area contributed by atoms with Gasteiger partial charge in [-0.3, -0.25) is 9.59 Å². The molecule has 2 rings (SSSR count). The molecule has 1 aromatic heterocycles. The number of halogens is 3. The Morgan fingerprint density at radius 3 is 2.41 bits per heavy atom. The van der Waals surface area contributed by atoms with Gasteiger partial charge in [0.2, 0.25) is 17.4 Å². The highest BCUT2D eigenvalue weighted by atomic mass is 19.4. The normalized spacial score (nSPS) is 13.8. The molecule has 7 nitrogen and oxygen atoms in total. The van der Waals surface area contributed by atoms with Crippen LogP contribution < -0.4 is 10.6 Å². The van der Waals surface area contributed by atoms with Crippen molar-refractivity contribution in [1.82, 2.24) is 9.55 Å². The fourth-order valence-electron chi connectivity index (χ4n) is 2.62. The maximum Gasteiger partial charge on any atom is 0.425 e. The van der Waals surface area contributed by atoms with Gasteiger partial charge in [0.15, 0.2) is 5.82 Å². The number of rotatable bonds is 6. The summed E-state index contributed by atoms with van der Waals surface area (Å²) in [6.45, 7) is 5.07. The molecule has 0 aliphatic heterocycles. The Balaban J connectivity index is 2.25. The first-order valence-corrected chi connectivity index (χ1v) is 8.83. The Kier molecular flexibility index (Phi) is 6.37. The van der Waals surface area contributed by atoms with Gasteiger partial charge < -0.3 is 20.3 Å². The molecule has 1 aromatic carbocycles. The number of nitrogens with zero attached hydrogens (tertiary/aromatic N) is 2. The molecule has 1 heterocycles. The van der Waals surface area contributed by atoms with Gasteiger partial charge in [0.1, 0.15) is 0 Å². The number of hydrogen-bond acceptors (Lipinski definition) is 4. The number of hydrogen-bond donors (Lipinski definition) is 3. The van der Waals surface area contributed by atoms with Crippen LogP contribution in [0.1, 0.15) is 31.7 Å². The molecule has 0 radical (unpaired) electrons. The third-order valence-electron chi connectivity index (χ3n) is 4.38. The van der Waals surface area contributed by atoms with Crippen LogP contribution in [0.25, 0.3) is 0 Å². The van der Waals surface area contributed by atoms with Crippen molar-refractivity contribution < 1.29 is 27.9 Å². The SMILES string of the molecule is Cc1ccc(NC(=O)C(C)C)cc1NC(=O)CC(O)(c1nccn1C)C(F)(F)F. The number of aromatic nitrogens is 2. The fraction of sp³-hybridized carbons (Fsp3) is 0.421. The van der Waals surface area contributed by atoms with Gasteiger partial charge in [0.25, 0.3) is 0 Å². The summed E-state index contributed by atoms with van der Waals surface area (Å²) >= 11 is 0. The largest absolute Gasteiger partial charge is 0.425 e. The van der Waals surface area contributed by atoms with E-state index in [1.54, 1.807) is 32.9 Å². The molecule has 2 aromatic rings. The lowest BCUT2D eigenvalue weighted by atomic mass is 9.97. The molecular formula is C19H23F3N4O3. The highest BCUT2D eigenvalue weighted by Crippen LogP contribution is 2.41. The van der Waals surface area contributed by atoms with Gasteiger partial charge in [-0.25, -0.2) is 4.98 Å². The molecule has 0 saturated heterocycles. The zero-order chi connectivity index (χ0) is 22.0. The molecular weight excluding hydrogens is 389 g/mol. The summed E-state index contributed by atoms with van der Waals surface area (Å²) in [7, 11) is 1.29. The molecule has 0 saturated carbocycles. The summed E-state index contributed by atoms with van der Waals surface area (Å²) in [4.78, 5) is 27.8. The molecule has 0 bridgehead atoms. The van der Waals surface area contributed by atoms with Crippen LogP contribution in [0.3, 0.4) is 0 Å². The van der Waals surface area contributed by atoms with E-state index in [4.69, 9.17) is 0 Å². The van der Waals surface area contributed by atoms with Gasteiger partial charge in [0, 0.05) is 36.7 Å². The third kappa shape index (κ3) is 4.94. The van der Waals surface area contributed by atoms with Crippen LogP contribution in [0, 0.1) is 12.8 Å². The van der Waals surface area contributed by atoms with Crippen LogP contribution in [0.4, 0.5) is 24.5 Å². The zero-order valence-corrected chi connectivity index (χ0v) is 16.5. The Morgan fingerprint density at radius 2 is 1.90 bits per heavy atom. The van der Waals surface area contributed by atoms with Gasteiger partial charge in [-0.15, -0.1) is 0 Å². The molecule has 10 heteroatoms. The highest BCUT2D eigenvalue weighted by Gasteiger charge is 2.58. The topological polar surface area (TPSA) is 96.2 Å². The molecule has 0 spiro atoms. The molecule has 158 valence electrons. The molecule has 29 heavy (non-hydrogen) atoms. The molecule has 1 atom stereocenters. The number of alkyl halides is 3. The molecule has 3 N–H and O–H groups in total. The van der Waals surface area contributed by atoms with Gasteiger partial charge in [-0.05, 0) is 24.6 Å². The number of nitrogens with one attached hydrogen (secondary N) is 2. The minimum atomic E-state index is -5.12. The smallest absolute Gasteiger partial charge is 0.374 e. The molecule has 0 aliphatic carbocycles. The second-order valence-electron chi connectivity index (χ2n) is 7.12. The van der Waals surface area contributed by atoms with Gasteiger partial charge >= 0.3 is 6.18 Å². The first-order valence-electron chi connectivity index (χ1n) is 8.83. The van der Waals surface area contributed by atoms with Crippen molar-refractivity contribution in [2.45, 2.75) is 39.0 Å². The van der Waals surface area contributed by atoms with Gasteiger partial charge in [-0.2, -0.15) is 13.2 Å². The van der Waals surface area contributed by atoms with Gasteiger partial charge in [0.05, 0.1) is 6.42 Å². The van der Waals surface area contributed by atoms with E-state index in [-0.39, 0.29) is 17.5 Å². The van der Waals surface area contributed by atoms with E-state index in [0.29, 0.717) is 11.3 Å². The van der Waals surface area contributed by atoms with Crippen LogP contribution in [-0.4, -0.2) is 32.6 Å². The first kappa shape index (κ1) is 22.4. The van der Waals surface area contributed by atoms with E-state index < -0.39 is 29.9 Å². The minimum Gasteiger partial charge on any atom is -0.374 e. The maximum absolute atomic E-state index is 13.6. The Hall–Kier alpha value is -2.88. The average Bonchev–Trinajstić information content (AvgIpc) is 3.03. The van der Waals surface area contributed by atoms with Gasteiger partial charge in [-0.1, -0.05) is 19.9 Å². The van der Waals surface area contributed by atoms with E-state index in [9.17, 15) is 27.9 Å². The van der Waals surface area contributed by atoms with Crippen molar-refractivity contribution in [1.29, 1.82) is 0 Å². The molecule has 0 aliphatic rings. The summed E-state index contributed by atoms with van der Waals surface area (Å²) in [5, 5.41) is 15.3. The van der Waals surface area contributed by atoms with E-state index >= 15 is 0 Å². The van der Waals surface area contributed by atoms with Crippen LogP contribution in [-0.2, 0) is 22.2 Å². The molecule has 1 unspecified atom stereocenters. The Morgan fingerprint density at radius 1 is 1.24 bits per heavy atom. The van der Waals surface area contributed by atoms with E-state index in [2.05, 4.69) is 15.6 Å². The second-order valence-corrected chi connectivity index (χ2v) is 7.12. The van der Waals surface area contributed by atoms with Crippen molar-refractivity contribution in [2.24, 2.45) is 13.0 Å². The lowest BCUT2D eigenvalue weighted by molar-refractivity contribution is -0.270. The number of aliphatic hydroxyl groups is 1. The van der Waals surface area contributed by atoms with E-state index in [0.717, 1.165) is 10.8 Å². The standard InChI is InChI=1S/C19H23F3N4O3/c1-11(2)16(28)24-13-6-5-12(3)14(9-13)25-15(27)10-18(29,19(20,21)22)17-23-7-8-26(17)4/h5-9,11,29H,10H2,1-4H3,(H,24,28)(H,25,27). The zero-order valence-electron chi connectivity index (χ0n) is 16.5. The number of carbonyl (C=O) groups excluding carboxylic acids is 2. The Bertz CT molecular complexity index is 908. The van der Waals surface area contributed by atoms with Crippen molar-refractivity contribution in [3.63, 3.8) is 0 Å². The lowest BCUT2D eigenvalue weighted by Gasteiger charge is -2.29. The number of amides is 2. The predicted molar refractivity (Wildman–Crippen MR) is 101 cm³/mol. The van der Waals surface area contributed by atoms with Crippen LogP contribution in [0.5, 0.6) is 0 Å². The molecule has 2 amide bonds. The van der Waals surface area contributed by atoms with Crippen molar-refractivity contribution in [3.8, 4) is 0 Å². The number of aryl methyl sites for hydroxylation is 2. The lowest BCUT2D eigenvalue weighted by Crippen LogP contribution is -2.46. The second kappa shape index (κ2) is 8.24. The summed E-state index contributed by atoms with van der Waals surface area (Å²) in [5.74, 6) is -2.25. The van der Waals surface area contributed by atoms with Crippen LogP contribution >= 0.6 is 0 Å². The number of anilines is 2. The van der Waals surface area contributed by atoms with E-state index in [1.165, 1.54) is 19.3 Å². The van der Waals surface area contributed by atoms with Crippen LogP contribution in [0.2, 0.25) is 0 Å². The summed E-state index contributed by atoms with van der Waals surface area (Å²) < 4.78 is 41.7. The van der Waals surface area contributed by atoms with Crippen molar-refractivity contribution in [3.05, 3.63) is 42.0 Å². The number of carbonyl (C=O) groups is 2. The quantitative estimate of drug-likeness (QED) is 0.679. The Labute approximate surface area is 165 Å². The minimum absolute atomic E-state index is 0.223. The van der Waals surface area contributed by atoms with E-state index in [1.807, 2.05) is 0 Å². The third-order valence-corrected chi connectivity index (χ3v) is 4.38. The fourth-order valence-corrected chi connectivity index (χ4v) is 2.62. The monoisotopic (exact) mass is 412 g/mol. The predicted octanol–water partition coefficient (Wildman–Crippen LogP) is 3.10. The summed E-state index contributed by atoms with van der Waals surface area (Å²) in [5.41, 5.74) is -2.26. The average molecular weight is 412 g/mol.